The number of carbonyl (C=O) groups is 2. The highest BCUT2D eigenvalue weighted by Crippen LogP contribution is 2.48. The first-order valence-corrected chi connectivity index (χ1v) is 9.96. The lowest BCUT2D eigenvalue weighted by molar-refractivity contribution is -0.167. The molecule has 0 atom stereocenters. The van der Waals surface area contributed by atoms with Gasteiger partial charge in [-0.3, -0.25) is 9.59 Å². The van der Waals surface area contributed by atoms with Gasteiger partial charge in [0.25, 0.3) is 0 Å². The van der Waals surface area contributed by atoms with E-state index in [0.29, 0.717) is 17.9 Å². The first-order valence-electron chi connectivity index (χ1n) is 8.50. The van der Waals surface area contributed by atoms with Gasteiger partial charge in [0.05, 0.1) is 16.4 Å². The molecule has 1 amide bonds. The number of benzene rings is 1. The molecule has 0 aliphatic heterocycles. The van der Waals surface area contributed by atoms with Gasteiger partial charge in [0, 0.05) is 17.9 Å². The third-order valence-electron chi connectivity index (χ3n) is 4.61. The Kier molecular flexibility index (Phi) is 6.09. The summed E-state index contributed by atoms with van der Waals surface area (Å²) in [6, 6.07) is 8.65. The van der Waals surface area contributed by atoms with Crippen molar-refractivity contribution in [3.8, 4) is 11.3 Å². The number of halogens is 5. The summed E-state index contributed by atoms with van der Waals surface area (Å²) in [5.41, 5.74) is 1.81. The predicted octanol–water partition coefficient (Wildman–Crippen LogP) is 5.10. The van der Waals surface area contributed by atoms with E-state index in [9.17, 15) is 22.8 Å². The Morgan fingerprint density at radius 2 is 1.90 bits per heavy atom. The molecule has 0 saturated heterocycles. The Morgan fingerprint density at radius 3 is 2.41 bits per heavy atom. The standard InChI is InChI=1S/C19H15ClF3IN2O3/c1-10(27)29-9-18(6-7-18)12-4-2-11(3-5-12)15-13(20)8-14(16(24)26-15)25-17(28)19(21,22)23/h2-5,8H,6-7,9H2,1H3,(H,25,28). The molecule has 1 fully saturated rings. The van der Waals surface area contributed by atoms with Crippen molar-refractivity contribution >= 4 is 51.8 Å². The molecule has 1 heterocycles. The third kappa shape index (κ3) is 5.00. The van der Waals surface area contributed by atoms with Gasteiger partial charge in [-0.2, -0.15) is 13.2 Å². The summed E-state index contributed by atoms with van der Waals surface area (Å²) < 4.78 is 42.7. The van der Waals surface area contributed by atoms with Crippen molar-refractivity contribution < 1.29 is 27.5 Å². The number of pyridine rings is 1. The van der Waals surface area contributed by atoms with Crippen molar-refractivity contribution in [2.45, 2.75) is 31.4 Å². The molecular formula is C19H15ClF3IN2O3. The van der Waals surface area contributed by atoms with Gasteiger partial charge in [0.1, 0.15) is 10.3 Å². The quantitative estimate of drug-likeness (QED) is 0.327. The summed E-state index contributed by atoms with van der Waals surface area (Å²) in [6.07, 6.45) is -3.16. The molecule has 1 aliphatic rings. The number of amides is 1. The molecule has 5 nitrogen and oxygen atoms in total. The first-order chi connectivity index (χ1) is 13.5. The minimum Gasteiger partial charge on any atom is -0.465 e. The van der Waals surface area contributed by atoms with Crippen LogP contribution in [0.15, 0.2) is 30.3 Å². The van der Waals surface area contributed by atoms with Crippen LogP contribution in [0, 0.1) is 3.70 Å². The van der Waals surface area contributed by atoms with E-state index in [-0.39, 0.29) is 25.8 Å². The second-order valence-electron chi connectivity index (χ2n) is 6.75. The van der Waals surface area contributed by atoms with Crippen molar-refractivity contribution in [2.24, 2.45) is 0 Å². The van der Waals surface area contributed by atoms with Gasteiger partial charge >= 0.3 is 18.1 Å². The molecule has 154 valence electrons. The van der Waals surface area contributed by atoms with E-state index < -0.39 is 12.1 Å². The zero-order valence-corrected chi connectivity index (χ0v) is 18.0. The highest BCUT2D eigenvalue weighted by molar-refractivity contribution is 14.1. The molecule has 0 radical (unpaired) electrons. The Hall–Kier alpha value is -1.88. The smallest absolute Gasteiger partial charge is 0.465 e. The molecule has 1 saturated carbocycles. The van der Waals surface area contributed by atoms with Crippen LogP contribution < -0.4 is 5.32 Å². The minimum absolute atomic E-state index is 0.108. The van der Waals surface area contributed by atoms with E-state index in [0.717, 1.165) is 18.4 Å². The Labute approximate surface area is 183 Å². The van der Waals surface area contributed by atoms with E-state index >= 15 is 0 Å². The molecule has 10 heteroatoms. The van der Waals surface area contributed by atoms with Crippen molar-refractivity contribution in [3.63, 3.8) is 0 Å². The van der Waals surface area contributed by atoms with E-state index in [1.807, 2.05) is 12.1 Å². The van der Waals surface area contributed by atoms with Crippen molar-refractivity contribution in [1.29, 1.82) is 0 Å². The summed E-state index contributed by atoms with van der Waals surface area (Å²) >= 11 is 7.94. The topological polar surface area (TPSA) is 68.3 Å². The molecular weight excluding hydrogens is 524 g/mol. The summed E-state index contributed by atoms with van der Waals surface area (Å²) in [5.74, 6) is -2.41. The van der Waals surface area contributed by atoms with Gasteiger partial charge in [0.15, 0.2) is 0 Å². The summed E-state index contributed by atoms with van der Waals surface area (Å²) in [4.78, 5) is 26.5. The van der Waals surface area contributed by atoms with Gasteiger partial charge in [-0.15, -0.1) is 0 Å². The van der Waals surface area contributed by atoms with Crippen molar-refractivity contribution in [3.05, 3.63) is 44.6 Å². The van der Waals surface area contributed by atoms with E-state index in [4.69, 9.17) is 16.3 Å². The fourth-order valence-corrected chi connectivity index (χ4v) is 3.63. The lowest BCUT2D eigenvalue weighted by atomic mass is 9.95. The maximum absolute atomic E-state index is 12.5. The number of anilines is 1. The molecule has 1 aromatic heterocycles. The largest absolute Gasteiger partial charge is 0.471 e. The number of esters is 1. The summed E-state index contributed by atoms with van der Waals surface area (Å²) in [6.45, 7) is 1.70. The maximum atomic E-state index is 12.5. The van der Waals surface area contributed by atoms with Crippen LogP contribution in [-0.4, -0.2) is 29.6 Å². The van der Waals surface area contributed by atoms with Gasteiger partial charge in [-0.25, -0.2) is 4.98 Å². The fraction of sp³-hybridized carbons (Fsp3) is 0.316. The SMILES string of the molecule is CC(=O)OCC1(c2ccc(-c3nc(I)c(NC(=O)C(F)(F)F)cc3Cl)cc2)CC1. The Balaban J connectivity index is 1.81. The molecule has 0 bridgehead atoms. The van der Waals surface area contributed by atoms with Gasteiger partial charge in [-0.1, -0.05) is 35.9 Å². The predicted molar refractivity (Wildman–Crippen MR) is 110 cm³/mol. The number of alkyl halides is 3. The molecule has 2 aromatic rings. The van der Waals surface area contributed by atoms with Crippen molar-refractivity contribution in [2.75, 3.05) is 11.9 Å². The normalized spacial score (nSPS) is 15.0. The Morgan fingerprint density at radius 1 is 1.28 bits per heavy atom. The lowest BCUT2D eigenvalue weighted by Gasteiger charge is -2.16. The average molecular weight is 539 g/mol. The number of hydrogen-bond donors (Lipinski definition) is 1. The van der Waals surface area contributed by atoms with E-state index in [1.54, 1.807) is 40.0 Å². The lowest BCUT2D eigenvalue weighted by Crippen LogP contribution is -2.30. The van der Waals surface area contributed by atoms with E-state index in [1.165, 1.54) is 13.0 Å². The summed E-state index contributed by atoms with van der Waals surface area (Å²) in [7, 11) is 0. The number of ether oxygens (including phenoxy) is 1. The zero-order chi connectivity index (χ0) is 21.4. The maximum Gasteiger partial charge on any atom is 0.471 e. The molecule has 0 spiro atoms. The highest BCUT2D eigenvalue weighted by atomic mass is 127. The Bertz CT molecular complexity index is 960. The number of carbonyl (C=O) groups excluding carboxylic acids is 2. The van der Waals surface area contributed by atoms with Crippen LogP contribution in [0.1, 0.15) is 25.3 Å². The molecule has 3 rings (SSSR count). The van der Waals surface area contributed by atoms with E-state index in [2.05, 4.69) is 4.98 Å². The second-order valence-corrected chi connectivity index (χ2v) is 8.18. The zero-order valence-electron chi connectivity index (χ0n) is 15.1. The number of nitrogens with zero attached hydrogens (tertiary/aromatic N) is 1. The number of nitrogens with one attached hydrogen (secondary N) is 1. The monoisotopic (exact) mass is 538 g/mol. The van der Waals surface area contributed by atoms with Gasteiger partial charge < -0.3 is 10.1 Å². The third-order valence-corrected chi connectivity index (χ3v) is 5.72. The number of hydrogen-bond acceptors (Lipinski definition) is 4. The number of aromatic nitrogens is 1. The molecule has 1 N–H and O–H groups in total. The van der Waals surface area contributed by atoms with Crippen LogP contribution in [-0.2, 0) is 19.7 Å². The van der Waals surface area contributed by atoms with Gasteiger partial charge in [-0.05, 0) is 47.1 Å². The van der Waals surface area contributed by atoms with Crippen LogP contribution in [0.25, 0.3) is 11.3 Å². The first kappa shape index (κ1) is 21.8. The molecule has 29 heavy (non-hydrogen) atoms. The number of rotatable bonds is 5. The summed E-state index contributed by atoms with van der Waals surface area (Å²) in [5, 5.41) is 1.88. The van der Waals surface area contributed by atoms with Crippen LogP contribution in [0.5, 0.6) is 0 Å². The van der Waals surface area contributed by atoms with Crippen LogP contribution in [0.2, 0.25) is 5.02 Å². The van der Waals surface area contributed by atoms with Crippen LogP contribution in [0.3, 0.4) is 0 Å². The average Bonchev–Trinajstić information content (AvgIpc) is 3.43. The minimum atomic E-state index is -5.01. The highest BCUT2D eigenvalue weighted by Gasteiger charge is 2.45. The van der Waals surface area contributed by atoms with Gasteiger partial charge in [0.2, 0.25) is 0 Å². The molecule has 0 unspecified atom stereocenters. The molecule has 1 aromatic carbocycles. The second kappa shape index (κ2) is 8.10. The van der Waals surface area contributed by atoms with Crippen molar-refractivity contribution in [1.82, 2.24) is 4.98 Å². The van der Waals surface area contributed by atoms with Crippen LogP contribution >= 0.6 is 34.2 Å². The van der Waals surface area contributed by atoms with Crippen LogP contribution in [0.4, 0.5) is 18.9 Å². The molecule has 1 aliphatic carbocycles. The fourth-order valence-electron chi connectivity index (χ4n) is 2.84.